The first-order valence-electron chi connectivity index (χ1n) is 15.6. The summed E-state index contributed by atoms with van der Waals surface area (Å²) in [5, 5.41) is 12.5. The second-order valence-corrected chi connectivity index (χ2v) is 13.4. The molecule has 2 aromatic carbocycles. The molecule has 3 aliphatic rings. The minimum absolute atomic E-state index is 0.183. The van der Waals surface area contributed by atoms with E-state index in [1.54, 1.807) is 13.8 Å². The summed E-state index contributed by atoms with van der Waals surface area (Å²) in [4.78, 5) is 25.3. The quantitative estimate of drug-likeness (QED) is 0.264. The van der Waals surface area contributed by atoms with Crippen molar-refractivity contribution < 1.29 is 43.1 Å². The Hall–Kier alpha value is -3.24. The smallest absolute Gasteiger partial charge is 0.302 e. The van der Waals surface area contributed by atoms with E-state index in [2.05, 4.69) is 6.58 Å². The summed E-state index contributed by atoms with van der Waals surface area (Å²) in [5.41, 5.74) is -3.64. The Bertz CT molecular complexity index is 1370. The van der Waals surface area contributed by atoms with Crippen molar-refractivity contribution in [3.05, 3.63) is 84.1 Å². The Kier molecular flexibility index (Phi) is 9.21. The van der Waals surface area contributed by atoms with E-state index in [0.29, 0.717) is 5.76 Å². The lowest BCUT2D eigenvalue weighted by Gasteiger charge is -2.66. The molecule has 9 heteroatoms. The van der Waals surface area contributed by atoms with Crippen LogP contribution in [0.3, 0.4) is 0 Å². The largest absolute Gasteiger partial charge is 0.492 e. The molecule has 3 fully saturated rings. The van der Waals surface area contributed by atoms with Gasteiger partial charge in [0.2, 0.25) is 0 Å². The highest BCUT2D eigenvalue weighted by atomic mass is 16.6. The second-order valence-electron chi connectivity index (χ2n) is 13.4. The summed E-state index contributed by atoms with van der Waals surface area (Å²) in [6.45, 7) is 14.2. The minimum Gasteiger partial charge on any atom is -0.492 e. The zero-order valence-corrected chi connectivity index (χ0v) is 27.1. The normalized spacial score (nSPS) is 34.8. The fraction of sp³-hybridized carbons (Fsp3) is 0.556. The fourth-order valence-corrected chi connectivity index (χ4v) is 8.18. The van der Waals surface area contributed by atoms with Crippen molar-refractivity contribution in [3.63, 3.8) is 0 Å². The number of allylic oxidation sites excluding steroid dienone is 1. The number of hydrogen-bond donors (Lipinski definition) is 1. The number of benzene rings is 2. The van der Waals surface area contributed by atoms with Crippen LogP contribution in [0.2, 0.25) is 0 Å². The number of aliphatic hydroxyl groups is 1. The van der Waals surface area contributed by atoms with E-state index in [4.69, 9.17) is 28.4 Å². The van der Waals surface area contributed by atoms with Crippen LogP contribution < -0.4 is 0 Å². The van der Waals surface area contributed by atoms with Gasteiger partial charge in [0.15, 0.2) is 0 Å². The van der Waals surface area contributed by atoms with E-state index in [1.807, 2.05) is 74.5 Å². The zero-order chi connectivity index (χ0) is 32.6. The molecular formula is C36H46O9. The van der Waals surface area contributed by atoms with E-state index in [0.717, 1.165) is 11.1 Å². The fourth-order valence-electron chi connectivity index (χ4n) is 8.18. The Labute approximate surface area is 265 Å². The predicted octanol–water partition coefficient (Wildman–Crippen LogP) is 5.28. The third-order valence-electron chi connectivity index (χ3n) is 9.78. The molecule has 0 aromatic heterocycles. The Morgan fingerprint density at radius 2 is 1.44 bits per heavy atom. The Morgan fingerprint density at radius 1 is 0.867 bits per heavy atom. The van der Waals surface area contributed by atoms with Crippen LogP contribution in [-0.4, -0.2) is 64.9 Å². The van der Waals surface area contributed by atoms with Gasteiger partial charge in [-0.15, -0.1) is 0 Å². The first-order valence-corrected chi connectivity index (χ1v) is 15.6. The highest BCUT2D eigenvalue weighted by molar-refractivity contribution is 5.67. The van der Waals surface area contributed by atoms with Crippen molar-refractivity contribution in [2.45, 2.75) is 109 Å². The van der Waals surface area contributed by atoms with Gasteiger partial charge in [0.1, 0.15) is 35.9 Å². The summed E-state index contributed by atoms with van der Waals surface area (Å²) < 4.78 is 39.5. The molecule has 2 aromatic rings. The molecule has 0 radical (unpaired) electrons. The monoisotopic (exact) mass is 622 g/mol. The van der Waals surface area contributed by atoms with E-state index < -0.39 is 64.5 Å². The number of fused-ring (bicyclic) bond motifs is 1. The van der Waals surface area contributed by atoms with Crippen LogP contribution in [0.1, 0.15) is 65.5 Å². The topological polar surface area (TPSA) is 110 Å². The molecule has 2 aliphatic carbocycles. The van der Waals surface area contributed by atoms with Crippen LogP contribution in [0, 0.1) is 11.3 Å². The SMILES string of the molecule is C=C(C)OC1C2C(OCc3ccccc3)C(OCc3ccccc3)C3(COC(C)=O)C(OC(C)=O)CCC(C)(O)C13OC2(C)C. The number of ether oxygens (including phenoxy) is 6. The van der Waals surface area contributed by atoms with Crippen molar-refractivity contribution >= 4 is 11.9 Å². The maximum Gasteiger partial charge on any atom is 0.302 e. The van der Waals surface area contributed by atoms with Crippen molar-refractivity contribution in [2.75, 3.05) is 6.61 Å². The molecule has 45 heavy (non-hydrogen) atoms. The molecule has 9 nitrogen and oxygen atoms in total. The molecule has 8 atom stereocenters. The van der Waals surface area contributed by atoms with Crippen LogP contribution in [0.15, 0.2) is 73.0 Å². The van der Waals surface area contributed by atoms with Gasteiger partial charge in [-0.1, -0.05) is 67.2 Å². The van der Waals surface area contributed by atoms with Crippen LogP contribution >= 0.6 is 0 Å². The van der Waals surface area contributed by atoms with Crippen LogP contribution in [0.5, 0.6) is 0 Å². The summed E-state index contributed by atoms with van der Waals surface area (Å²) in [6.07, 6.45) is -2.82. The van der Waals surface area contributed by atoms with Gasteiger partial charge in [0.05, 0.1) is 42.2 Å². The lowest BCUT2D eigenvalue weighted by Crippen LogP contribution is -2.83. The molecule has 1 N–H and O–H groups in total. The maximum atomic E-state index is 12.7. The molecular weight excluding hydrogens is 576 g/mol. The van der Waals surface area contributed by atoms with Crippen molar-refractivity contribution in [3.8, 4) is 0 Å². The minimum atomic E-state index is -1.57. The summed E-state index contributed by atoms with van der Waals surface area (Å²) in [6, 6.07) is 19.5. The highest BCUT2D eigenvalue weighted by Gasteiger charge is 2.86. The van der Waals surface area contributed by atoms with E-state index in [-0.39, 0.29) is 32.7 Å². The van der Waals surface area contributed by atoms with Gasteiger partial charge in [-0.3, -0.25) is 9.59 Å². The molecule has 5 rings (SSSR count). The summed E-state index contributed by atoms with van der Waals surface area (Å²) in [5.74, 6) is -1.11. The van der Waals surface area contributed by atoms with Crippen molar-refractivity contribution in [1.82, 2.24) is 0 Å². The third kappa shape index (κ3) is 5.80. The Balaban J connectivity index is 1.78. The summed E-state index contributed by atoms with van der Waals surface area (Å²) >= 11 is 0. The van der Waals surface area contributed by atoms with Gasteiger partial charge < -0.3 is 33.5 Å². The van der Waals surface area contributed by atoms with Crippen LogP contribution in [0.25, 0.3) is 0 Å². The molecule has 1 saturated heterocycles. The van der Waals surface area contributed by atoms with Crippen LogP contribution in [0.4, 0.5) is 0 Å². The maximum absolute atomic E-state index is 12.7. The van der Waals surface area contributed by atoms with E-state index in [1.165, 1.54) is 13.8 Å². The lowest BCUT2D eigenvalue weighted by molar-refractivity contribution is -0.358. The molecule has 2 saturated carbocycles. The average molecular weight is 623 g/mol. The first kappa shape index (κ1) is 33.1. The van der Waals surface area contributed by atoms with Crippen LogP contribution in [-0.2, 0) is 51.2 Å². The van der Waals surface area contributed by atoms with Gasteiger partial charge in [-0.25, -0.2) is 0 Å². The summed E-state index contributed by atoms with van der Waals surface area (Å²) in [7, 11) is 0. The second kappa shape index (κ2) is 12.5. The highest BCUT2D eigenvalue weighted by Crippen LogP contribution is 2.69. The number of rotatable bonds is 11. The number of carbonyl (C=O) groups excluding carboxylic acids is 2. The molecule has 244 valence electrons. The number of carbonyl (C=O) groups is 2. The molecule has 2 bridgehead atoms. The van der Waals surface area contributed by atoms with Crippen molar-refractivity contribution in [1.29, 1.82) is 0 Å². The first-order chi connectivity index (χ1) is 21.2. The molecule has 8 unspecified atom stereocenters. The average Bonchev–Trinajstić information content (AvgIpc) is 3.16. The molecule has 1 spiro atoms. The molecule has 0 amide bonds. The van der Waals surface area contributed by atoms with Gasteiger partial charge in [-0.2, -0.15) is 0 Å². The zero-order valence-electron chi connectivity index (χ0n) is 27.1. The van der Waals surface area contributed by atoms with Gasteiger partial charge in [-0.05, 0) is 51.7 Å². The van der Waals surface area contributed by atoms with Gasteiger partial charge in [0.25, 0.3) is 0 Å². The lowest BCUT2D eigenvalue weighted by atomic mass is 9.46. The third-order valence-corrected chi connectivity index (χ3v) is 9.78. The van der Waals surface area contributed by atoms with E-state index in [9.17, 15) is 14.7 Å². The van der Waals surface area contributed by atoms with E-state index >= 15 is 0 Å². The van der Waals surface area contributed by atoms with Crippen molar-refractivity contribution in [2.24, 2.45) is 11.3 Å². The predicted molar refractivity (Wildman–Crippen MR) is 166 cm³/mol. The number of hydrogen-bond acceptors (Lipinski definition) is 9. The van der Waals surface area contributed by atoms with Gasteiger partial charge >= 0.3 is 11.9 Å². The molecule has 1 heterocycles. The standard InChI is InChI=1S/C36H46O9/c1-23(2)43-31-29-30(40-20-26-14-10-8-11-15-26)32(41-21-27-16-12-9-13-17-27)35(22-42-24(3)37)28(44-25(4)38)18-19-34(7,39)36(31,35)45-33(29,5)6/h8-17,28-32,39H,1,18-22H2,2-7H3. The van der Waals surface area contributed by atoms with Gasteiger partial charge in [0, 0.05) is 13.8 Å². The number of esters is 2. The Morgan fingerprint density at radius 3 is 1.98 bits per heavy atom. The molecule has 1 aliphatic heterocycles.